The number of Topliss-reactive ketones (excluding diaryl/α,β-unsaturated/α-hetero) is 1. The molecule has 0 saturated heterocycles. The Morgan fingerprint density at radius 2 is 1.71 bits per heavy atom. The molecule has 3 nitrogen and oxygen atoms in total. The van der Waals surface area contributed by atoms with E-state index in [1.807, 2.05) is 0 Å². The monoisotopic (exact) mass is 450 g/mol. The summed E-state index contributed by atoms with van der Waals surface area (Å²) in [5.74, 6) is 3.92. The molecule has 0 radical (unpaired) electrons. The fourth-order valence-electron chi connectivity index (χ4n) is 9.03. The van der Waals surface area contributed by atoms with E-state index in [9.17, 15) is 9.59 Å². The molecule has 5 fully saturated rings. The van der Waals surface area contributed by atoms with Crippen molar-refractivity contribution in [3.05, 3.63) is 0 Å². The Balaban J connectivity index is 1.40. The molecule has 9 atom stereocenters. The van der Waals surface area contributed by atoms with Gasteiger partial charge in [-0.2, -0.15) is 0 Å². The number of carbonyl (C=O) groups excluding carboxylic acids is 2. The number of esters is 1. The van der Waals surface area contributed by atoms with Crippen molar-refractivity contribution in [1.82, 2.24) is 0 Å². The highest BCUT2D eigenvalue weighted by Gasteiger charge is 2.65. The summed E-state index contributed by atoms with van der Waals surface area (Å²) in [4.78, 5) is 25.0. The number of hydrogen-bond acceptors (Lipinski definition) is 3. The first kappa shape index (κ1) is 19.6. The van der Waals surface area contributed by atoms with Crippen LogP contribution in [0.4, 0.5) is 0 Å². The number of rotatable bonds is 1. The highest BCUT2D eigenvalue weighted by Crippen LogP contribution is 2.69. The van der Waals surface area contributed by atoms with E-state index in [-0.39, 0.29) is 22.3 Å². The molecule has 0 N–H and O–H groups in total. The number of halogens is 1. The summed E-state index contributed by atoms with van der Waals surface area (Å²) in [6, 6.07) is 0. The molecular weight excluding hydrogens is 416 g/mol. The lowest BCUT2D eigenvalue weighted by atomic mass is 9.43. The Morgan fingerprint density at radius 1 is 0.964 bits per heavy atom. The van der Waals surface area contributed by atoms with Crippen LogP contribution < -0.4 is 0 Å². The number of ketones is 1. The summed E-state index contributed by atoms with van der Waals surface area (Å²) in [5, 5.41) is 0. The third-order valence-corrected chi connectivity index (χ3v) is 11.0. The van der Waals surface area contributed by atoms with Gasteiger partial charge in [0.2, 0.25) is 0 Å². The Labute approximate surface area is 177 Å². The van der Waals surface area contributed by atoms with Crippen LogP contribution in [0.25, 0.3) is 0 Å². The average Bonchev–Trinajstić information content (AvgIpc) is 3.05. The fraction of sp³-hybridized carbons (Fsp3) is 0.917. The smallest absolute Gasteiger partial charge is 0.302 e. The van der Waals surface area contributed by atoms with Crippen molar-refractivity contribution in [2.75, 3.05) is 0 Å². The minimum absolute atomic E-state index is 0.00568. The van der Waals surface area contributed by atoms with Crippen molar-refractivity contribution in [3.63, 3.8) is 0 Å². The summed E-state index contributed by atoms with van der Waals surface area (Å²) in [6.45, 7) is 4.08. The molecule has 1 unspecified atom stereocenters. The van der Waals surface area contributed by atoms with Gasteiger partial charge in [0.1, 0.15) is 6.10 Å². The Morgan fingerprint density at radius 3 is 2.50 bits per heavy atom. The molecule has 5 aliphatic rings. The van der Waals surface area contributed by atoms with Gasteiger partial charge < -0.3 is 4.74 Å². The highest BCUT2D eigenvalue weighted by molar-refractivity contribution is 9.10. The van der Waals surface area contributed by atoms with Gasteiger partial charge in [-0.15, -0.1) is 0 Å². The van der Waals surface area contributed by atoms with Crippen molar-refractivity contribution >= 4 is 27.7 Å². The van der Waals surface area contributed by atoms with Gasteiger partial charge in [0, 0.05) is 12.3 Å². The quantitative estimate of drug-likeness (QED) is 0.380. The van der Waals surface area contributed by atoms with Gasteiger partial charge in [0.15, 0.2) is 5.78 Å². The molecule has 0 aliphatic heterocycles. The standard InChI is InChI=1S/C24H35BrO3/c1-14(26)28-17-9-11-23(2)16(13-17)3-6-18-19(23)10-12-24-15(4-7-20(18)24)5-8-21(25)22(24)27/h15-21H,3-13H2,1-2H3/t15-,16-,17-,18-,19+,20+,21+,23+,24?/m1/s1. The highest BCUT2D eigenvalue weighted by atomic mass is 79.9. The van der Waals surface area contributed by atoms with Crippen molar-refractivity contribution < 1.29 is 14.3 Å². The van der Waals surface area contributed by atoms with E-state index in [0.717, 1.165) is 37.5 Å². The van der Waals surface area contributed by atoms with E-state index in [1.165, 1.54) is 44.9 Å². The zero-order chi connectivity index (χ0) is 19.7. The molecule has 0 bridgehead atoms. The minimum atomic E-state index is -0.126. The SMILES string of the molecule is CC(=O)O[C@@H]1CC[C@@]2(C)[C@H](CC[C@H]3[C@@H]4CC[C@@H]5CC[C@H](Br)C(=O)C54CC[C@@H]32)C1. The molecule has 28 heavy (non-hydrogen) atoms. The molecule has 0 amide bonds. The maximum atomic E-state index is 13.5. The van der Waals surface area contributed by atoms with E-state index in [4.69, 9.17) is 4.74 Å². The Bertz CT molecular complexity index is 677. The number of carbonyl (C=O) groups is 2. The van der Waals surface area contributed by atoms with Crippen LogP contribution in [0.3, 0.4) is 0 Å². The van der Waals surface area contributed by atoms with E-state index < -0.39 is 0 Å². The third-order valence-electron chi connectivity index (χ3n) is 10.1. The van der Waals surface area contributed by atoms with Crippen LogP contribution in [0.15, 0.2) is 0 Å². The second-order valence-electron chi connectivity index (χ2n) is 10.9. The van der Waals surface area contributed by atoms with Gasteiger partial charge in [-0.25, -0.2) is 0 Å². The predicted molar refractivity (Wildman–Crippen MR) is 112 cm³/mol. The van der Waals surface area contributed by atoms with E-state index in [0.29, 0.717) is 29.0 Å². The average molecular weight is 451 g/mol. The molecule has 0 aromatic carbocycles. The Hall–Kier alpha value is -0.380. The van der Waals surface area contributed by atoms with Crippen LogP contribution in [0, 0.1) is 40.4 Å². The zero-order valence-electron chi connectivity index (χ0n) is 17.4. The summed E-state index contributed by atoms with van der Waals surface area (Å²) < 4.78 is 5.60. The van der Waals surface area contributed by atoms with Crippen LogP contribution in [0.1, 0.15) is 84.5 Å². The molecule has 156 valence electrons. The largest absolute Gasteiger partial charge is 0.463 e. The van der Waals surface area contributed by atoms with Crippen molar-refractivity contribution in [1.29, 1.82) is 0 Å². The van der Waals surface area contributed by atoms with Gasteiger partial charge in [0.05, 0.1) is 4.83 Å². The summed E-state index contributed by atoms with van der Waals surface area (Å²) in [6.07, 6.45) is 13.2. The molecule has 1 spiro atoms. The number of fused-ring (bicyclic) bond motifs is 4. The zero-order valence-corrected chi connectivity index (χ0v) is 19.0. The van der Waals surface area contributed by atoms with Gasteiger partial charge in [-0.3, -0.25) is 9.59 Å². The van der Waals surface area contributed by atoms with Crippen LogP contribution in [-0.2, 0) is 14.3 Å². The molecule has 5 saturated carbocycles. The Kier molecular flexibility index (Phi) is 4.77. The van der Waals surface area contributed by atoms with Gasteiger partial charge in [-0.05, 0) is 106 Å². The molecule has 4 heteroatoms. The first-order chi connectivity index (χ1) is 13.4. The maximum Gasteiger partial charge on any atom is 0.302 e. The van der Waals surface area contributed by atoms with Gasteiger partial charge in [0.25, 0.3) is 0 Å². The topological polar surface area (TPSA) is 43.4 Å². The normalized spacial score (nSPS) is 52.8. The number of hydrogen-bond donors (Lipinski definition) is 0. The van der Waals surface area contributed by atoms with Gasteiger partial charge in [-0.1, -0.05) is 22.9 Å². The predicted octanol–water partition coefficient (Wildman–Crippen LogP) is 5.68. The van der Waals surface area contributed by atoms with Crippen LogP contribution in [0.5, 0.6) is 0 Å². The van der Waals surface area contributed by atoms with E-state index >= 15 is 0 Å². The molecule has 5 rings (SSSR count). The first-order valence-corrected chi connectivity index (χ1v) is 12.6. The number of alkyl halides is 1. The van der Waals surface area contributed by atoms with Crippen LogP contribution in [0.2, 0.25) is 0 Å². The molecule has 0 heterocycles. The second kappa shape index (κ2) is 6.82. The lowest BCUT2D eigenvalue weighted by Gasteiger charge is -2.61. The van der Waals surface area contributed by atoms with Crippen molar-refractivity contribution in [2.24, 2.45) is 40.4 Å². The lowest BCUT2D eigenvalue weighted by Crippen LogP contribution is -2.58. The third kappa shape index (κ3) is 2.65. The summed E-state index contributed by atoms with van der Waals surface area (Å²) in [7, 11) is 0. The molecular formula is C24H35BrO3. The lowest BCUT2D eigenvalue weighted by molar-refractivity contribution is -0.165. The molecule has 0 aromatic heterocycles. The van der Waals surface area contributed by atoms with E-state index in [2.05, 4.69) is 22.9 Å². The van der Waals surface area contributed by atoms with Crippen LogP contribution in [-0.4, -0.2) is 22.7 Å². The maximum absolute atomic E-state index is 13.5. The molecule has 5 aliphatic carbocycles. The number of ether oxygens (including phenoxy) is 1. The second-order valence-corrected chi connectivity index (χ2v) is 12.0. The summed E-state index contributed by atoms with van der Waals surface area (Å²) in [5.41, 5.74) is 0.385. The van der Waals surface area contributed by atoms with Crippen LogP contribution >= 0.6 is 15.9 Å². The summed E-state index contributed by atoms with van der Waals surface area (Å²) >= 11 is 3.74. The first-order valence-electron chi connectivity index (χ1n) is 11.7. The molecule has 0 aromatic rings. The fourth-order valence-corrected chi connectivity index (χ4v) is 9.72. The van der Waals surface area contributed by atoms with Gasteiger partial charge >= 0.3 is 5.97 Å². The minimum Gasteiger partial charge on any atom is -0.463 e. The van der Waals surface area contributed by atoms with E-state index in [1.54, 1.807) is 6.92 Å². The van der Waals surface area contributed by atoms with Crippen molar-refractivity contribution in [2.45, 2.75) is 95.4 Å². The van der Waals surface area contributed by atoms with Crippen molar-refractivity contribution in [3.8, 4) is 0 Å².